The van der Waals surface area contributed by atoms with Crippen molar-refractivity contribution in [2.24, 2.45) is 0 Å². The first kappa shape index (κ1) is 16.6. The lowest BCUT2D eigenvalue weighted by molar-refractivity contribution is -0.120. The molecule has 1 amide bonds. The number of carbonyl (C=O) groups is 1. The van der Waals surface area contributed by atoms with Crippen LogP contribution in [0.3, 0.4) is 0 Å². The molecular weight excluding hydrogens is 331 g/mol. The van der Waals surface area contributed by atoms with Crippen molar-refractivity contribution < 1.29 is 9.53 Å². The molecule has 1 fully saturated rings. The second-order valence-electron chi connectivity index (χ2n) is 6.35. The van der Waals surface area contributed by atoms with Crippen molar-refractivity contribution in [3.8, 4) is 0 Å². The molecule has 3 aromatic rings. The first-order valence-electron chi connectivity index (χ1n) is 8.41. The number of fused-ring (bicyclic) bond motifs is 3. The Morgan fingerprint density at radius 3 is 2.84 bits per heavy atom. The van der Waals surface area contributed by atoms with Crippen molar-refractivity contribution in [1.82, 2.24) is 4.90 Å². The highest BCUT2D eigenvalue weighted by Crippen LogP contribution is 2.34. The number of anilines is 1. The van der Waals surface area contributed by atoms with Gasteiger partial charge in [-0.25, -0.2) is 0 Å². The zero-order valence-electron chi connectivity index (χ0n) is 14.2. The SMILES string of the molecule is [B]c1cccc2c1sc1ccc(N(C)C(=O)CN3CCOCC3)cc12. The predicted molar refractivity (Wildman–Crippen MR) is 105 cm³/mol. The highest BCUT2D eigenvalue weighted by Gasteiger charge is 2.18. The highest BCUT2D eigenvalue weighted by atomic mass is 32.1. The molecule has 1 aromatic heterocycles. The van der Waals surface area contributed by atoms with Crippen molar-refractivity contribution in [3.05, 3.63) is 36.4 Å². The first-order chi connectivity index (χ1) is 12.1. The van der Waals surface area contributed by atoms with Crippen LogP contribution in [0.2, 0.25) is 0 Å². The van der Waals surface area contributed by atoms with Gasteiger partial charge in [-0.15, -0.1) is 11.3 Å². The van der Waals surface area contributed by atoms with Gasteiger partial charge < -0.3 is 9.64 Å². The lowest BCUT2D eigenvalue weighted by atomic mass is 9.94. The third-order valence-electron chi connectivity index (χ3n) is 4.73. The second-order valence-corrected chi connectivity index (χ2v) is 7.40. The number of amides is 1. The van der Waals surface area contributed by atoms with Gasteiger partial charge in [0.2, 0.25) is 5.91 Å². The lowest BCUT2D eigenvalue weighted by Crippen LogP contribution is -2.43. The zero-order chi connectivity index (χ0) is 17.4. The van der Waals surface area contributed by atoms with E-state index in [0.29, 0.717) is 19.8 Å². The Hall–Kier alpha value is -1.89. The number of hydrogen-bond acceptors (Lipinski definition) is 4. The van der Waals surface area contributed by atoms with Gasteiger partial charge in [0.25, 0.3) is 0 Å². The van der Waals surface area contributed by atoms with Gasteiger partial charge in [0.05, 0.1) is 19.8 Å². The van der Waals surface area contributed by atoms with E-state index < -0.39 is 0 Å². The Morgan fingerprint density at radius 1 is 1.24 bits per heavy atom. The average Bonchev–Trinajstić information content (AvgIpc) is 3.01. The van der Waals surface area contributed by atoms with E-state index in [1.807, 2.05) is 25.2 Å². The summed E-state index contributed by atoms with van der Waals surface area (Å²) in [6, 6.07) is 12.2. The molecule has 1 aliphatic rings. The van der Waals surface area contributed by atoms with Crippen LogP contribution in [0.4, 0.5) is 5.69 Å². The van der Waals surface area contributed by atoms with Crippen LogP contribution < -0.4 is 10.4 Å². The molecular formula is C19H19BN2O2S. The molecule has 0 atom stereocenters. The fourth-order valence-corrected chi connectivity index (χ4v) is 4.33. The molecule has 0 N–H and O–H groups in total. The molecule has 4 rings (SSSR count). The minimum atomic E-state index is 0.0975. The number of benzene rings is 2. The summed E-state index contributed by atoms with van der Waals surface area (Å²) in [7, 11) is 7.94. The molecule has 2 aromatic carbocycles. The molecule has 6 heteroatoms. The summed E-state index contributed by atoms with van der Waals surface area (Å²) in [5.41, 5.74) is 1.71. The minimum Gasteiger partial charge on any atom is -0.379 e. The highest BCUT2D eigenvalue weighted by molar-refractivity contribution is 7.26. The second kappa shape index (κ2) is 6.79. The van der Waals surface area contributed by atoms with Crippen molar-refractivity contribution in [2.75, 3.05) is 44.8 Å². The normalized spacial score (nSPS) is 15.7. The van der Waals surface area contributed by atoms with Crippen LogP contribution in [0.25, 0.3) is 20.2 Å². The van der Waals surface area contributed by atoms with Gasteiger partial charge in [0.15, 0.2) is 0 Å². The van der Waals surface area contributed by atoms with Crippen molar-refractivity contribution in [1.29, 1.82) is 0 Å². The summed E-state index contributed by atoms with van der Waals surface area (Å²) in [6.45, 7) is 3.45. The number of likely N-dealkylation sites (N-methyl/N-ethyl adjacent to an activating group) is 1. The maximum absolute atomic E-state index is 12.6. The van der Waals surface area contributed by atoms with Crippen LogP contribution in [0, 0.1) is 0 Å². The Bertz CT molecular complexity index is 934. The Kier molecular flexibility index (Phi) is 4.50. The third kappa shape index (κ3) is 3.17. The lowest BCUT2D eigenvalue weighted by Gasteiger charge is -2.28. The summed E-state index contributed by atoms with van der Waals surface area (Å²) in [5.74, 6) is 0.0975. The van der Waals surface area contributed by atoms with E-state index in [0.717, 1.165) is 39.7 Å². The van der Waals surface area contributed by atoms with E-state index >= 15 is 0 Å². The van der Waals surface area contributed by atoms with E-state index in [2.05, 4.69) is 23.1 Å². The number of carbonyl (C=O) groups excluding carboxylic acids is 1. The largest absolute Gasteiger partial charge is 0.379 e. The topological polar surface area (TPSA) is 32.8 Å². The van der Waals surface area contributed by atoms with Crippen molar-refractivity contribution in [2.45, 2.75) is 0 Å². The van der Waals surface area contributed by atoms with Crippen LogP contribution >= 0.6 is 11.3 Å². The van der Waals surface area contributed by atoms with Gasteiger partial charge in [-0.1, -0.05) is 23.7 Å². The molecule has 0 aliphatic carbocycles. The monoisotopic (exact) mass is 350 g/mol. The molecule has 0 saturated carbocycles. The first-order valence-corrected chi connectivity index (χ1v) is 9.22. The van der Waals surface area contributed by atoms with Crippen LogP contribution in [-0.2, 0) is 9.53 Å². The van der Waals surface area contributed by atoms with Crippen LogP contribution in [0.5, 0.6) is 0 Å². The molecule has 0 spiro atoms. The summed E-state index contributed by atoms with van der Waals surface area (Å²) in [6.07, 6.45) is 0. The van der Waals surface area contributed by atoms with Gasteiger partial charge in [0.1, 0.15) is 7.85 Å². The Labute approximate surface area is 152 Å². The number of thiophene rings is 1. The number of morpholine rings is 1. The number of nitrogens with zero attached hydrogens (tertiary/aromatic N) is 2. The van der Waals surface area contributed by atoms with E-state index in [1.54, 1.807) is 16.2 Å². The van der Waals surface area contributed by atoms with Crippen molar-refractivity contribution >= 4 is 56.4 Å². The van der Waals surface area contributed by atoms with Crippen LogP contribution in [-0.4, -0.2) is 58.5 Å². The summed E-state index contributed by atoms with van der Waals surface area (Å²) in [4.78, 5) is 16.5. The summed E-state index contributed by atoms with van der Waals surface area (Å²) in [5, 5.41) is 2.30. The maximum Gasteiger partial charge on any atom is 0.240 e. The molecule has 1 aliphatic heterocycles. The Morgan fingerprint density at radius 2 is 2.04 bits per heavy atom. The van der Waals surface area contributed by atoms with Gasteiger partial charge in [-0.3, -0.25) is 9.69 Å². The van der Waals surface area contributed by atoms with Gasteiger partial charge in [-0.05, 0) is 23.6 Å². The molecule has 126 valence electrons. The minimum absolute atomic E-state index is 0.0975. The zero-order valence-corrected chi connectivity index (χ0v) is 15.0. The molecule has 2 heterocycles. The van der Waals surface area contributed by atoms with Crippen molar-refractivity contribution in [3.63, 3.8) is 0 Å². The van der Waals surface area contributed by atoms with Gasteiger partial charge in [0, 0.05) is 40.6 Å². The third-order valence-corrected chi connectivity index (χ3v) is 5.97. The van der Waals surface area contributed by atoms with Crippen LogP contribution in [0.1, 0.15) is 0 Å². The molecule has 1 saturated heterocycles. The molecule has 25 heavy (non-hydrogen) atoms. The fourth-order valence-electron chi connectivity index (χ4n) is 3.22. The smallest absolute Gasteiger partial charge is 0.240 e. The quantitative estimate of drug-likeness (QED) is 0.679. The summed E-state index contributed by atoms with van der Waals surface area (Å²) < 4.78 is 7.63. The van der Waals surface area contributed by atoms with Gasteiger partial charge in [-0.2, -0.15) is 0 Å². The molecule has 4 nitrogen and oxygen atoms in total. The van der Waals surface area contributed by atoms with E-state index in [-0.39, 0.29) is 5.91 Å². The molecule has 0 unspecified atom stereocenters. The average molecular weight is 350 g/mol. The number of ether oxygens (including phenoxy) is 1. The maximum atomic E-state index is 12.6. The van der Waals surface area contributed by atoms with E-state index in [9.17, 15) is 4.79 Å². The van der Waals surface area contributed by atoms with Crippen LogP contribution in [0.15, 0.2) is 36.4 Å². The predicted octanol–water partition coefficient (Wildman–Crippen LogP) is 2.14. The van der Waals surface area contributed by atoms with Gasteiger partial charge >= 0.3 is 0 Å². The number of hydrogen-bond donors (Lipinski definition) is 0. The number of rotatable bonds is 3. The molecule has 2 radical (unpaired) electrons. The van der Waals surface area contributed by atoms with E-state index in [4.69, 9.17) is 12.6 Å². The Balaban J connectivity index is 1.63. The fraction of sp³-hybridized carbons (Fsp3) is 0.316. The van der Waals surface area contributed by atoms with E-state index in [1.165, 1.54) is 4.70 Å². The standard InChI is InChI=1S/C19H19BN2O2S/c1-21(18(23)12-22-7-9-24-10-8-22)13-5-6-17-15(11-13)14-3-2-4-16(20)19(14)25-17/h2-6,11H,7-10,12H2,1H3. The molecule has 0 bridgehead atoms. The summed E-state index contributed by atoms with van der Waals surface area (Å²) >= 11 is 1.70.